The Bertz CT molecular complexity index is 466. The van der Waals surface area contributed by atoms with Crippen molar-refractivity contribution in [3.63, 3.8) is 0 Å². The molecule has 2 aromatic rings. The standard InChI is InChI=1S/C11H14N2O/c1-7-5-4-6-8-9(7)14-13-10(8)11(2,3)12/h4-6H,12H2,1-3H3. The van der Waals surface area contributed by atoms with Gasteiger partial charge in [0, 0.05) is 5.39 Å². The van der Waals surface area contributed by atoms with Crippen LogP contribution in [0.25, 0.3) is 11.0 Å². The molecule has 1 aromatic carbocycles. The second-order valence-electron chi connectivity index (χ2n) is 4.20. The fraction of sp³-hybridized carbons (Fsp3) is 0.364. The molecule has 1 aromatic heterocycles. The van der Waals surface area contributed by atoms with Gasteiger partial charge in [-0.15, -0.1) is 0 Å². The van der Waals surface area contributed by atoms with Crippen LogP contribution in [0.15, 0.2) is 22.7 Å². The largest absolute Gasteiger partial charge is 0.356 e. The predicted octanol–water partition coefficient (Wildman–Crippen LogP) is 2.33. The molecule has 0 aliphatic rings. The number of fused-ring (bicyclic) bond motifs is 1. The molecule has 0 aliphatic carbocycles. The lowest BCUT2D eigenvalue weighted by atomic mass is 9.98. The summed E-state index contributed by atoms with van der Waals surface area (Å²) in [5, 5.41) is 5.04. The molecule has 0 unspecified atom stereocenters. The number of rotatable bonds is 1. The first-order chi connectivity index (χ1) is 6.50. The summed E-state index contributed by atoms with van der Waals surface area (Å²) in [6.07, 6.45) is 0. The first-order valence-electron chi connectivity index (χ1n) is 4.64. The number of hydrogen-bond donors (Lipinski definition) is 1. The Balaban J connectivity index is 2.76. The van der Waals surface area contributed by atoms with Crippen LogP contribution >= 0.6 is 0 Å². The lowest BCUT2D eigenvalue weighted by Gasteiger charge is -2.14. The monoisotopic (exact) mass is 190 g/mol. The van der Waals surface area contributed by atoms with Crippen LogP contribution in [-0.2, 0) is 5.54 Å². The Labute approximate surface area is 82.9 Å². The van der Waals surface area contributed by atoms with E-state index in [2.05, 4.69) is 5.16 Å². The molecule has 0 amide bonds. The third-order valence-electron chi connectivity index (χ3n) is 2.31. The fourth-order valence-electron chi connectivity index (χ4n) is 1.57. The lowest BCUT2D eigenvalue weighted by Crippen LogP contribution is -2.29. The zero-order valence-electron chi connectivity index (χ0n) is 8.66. The van der Waals surface area contributed by atoms with Crippen molar-refractivity contribution in [1.82, 2.24) is 5.16 Å². The fourth-order valence-corrected chi connectivity index (χ4v) is 1.57. The number of aromatic nitrogens is 1. The van der Waals surface area contributed by atoms with Gasteiger partial charge in [-0.05, 0) is 32.4 Å². The minimum absolute atomic E-state index is 0.459. The van der Waals surface area contributed by atoms with Crippen LogP contribution in [0.5, 0.6) is 0 Å². The van der Waals surface area contributed by atoms with Gasteiger partial charge in [0.05, 0.1) is 5.54 Å². The van der Waals surface area contributed by atoms with Crippen molar-refractivity contribution in [2.45, 2.75) is 26.3 Å². The number of para-hydroxylation sites is 1. The molecule has 0 aliphatic heterocycles. The van der Waals surface area contributed by atoms with E-state index in [1.54, 1.807) is 0 Å². The van der Waals surface area contributed by atoms with Gasteiger partial charge in [0.2, 0.25) is 0 Å². The summed E-state index contributed by atoms with van der Waals surface area (Å²) < 4.78 is 5.28. The van der Waals surface area contributed by atoms with Crippen molar-refractivity contribution in [2.75, 3.05) is 0 Å². The summed E-state index contributed by atoms with van der Waals surface area (Å²) in [4.78, 5) is 0. The van der Waals surface area contributed by atoms with Crippen LogP contribution in [0, 0.1) is 6.92 Å². The van der Waals surface area contributed by atoms with Crippen LogP contribution in [0.2, 0.25) is 0 Å². The second-order valence-corrected chi connectivity index (χ2v) is 4.20. The smallest absolute Gasteiger partial charge is 0.170 e. The maximum atomic E-state index is 5.99. The van der Waals surface area contributed by atoms with E-state index in [4.69, 9.17) is 10.3 Å². The summed E-state index contributed by atoms with van der Waals surface area (Å²) in [5.74, 6) is 0. The highest BCUT2D eigenvalue weighted by molar-refractivity contribution is 5.82. The molecule has 3 heteroatoms. The minimum Gasteiger partial charge on any atom is -0.356 e. The summed E-state index contributed by atoms with van der Waals surface area (Å²) in [5.41, 5.74) is 8.27. The first kappa shape index (κ1) is 9.21. The molecule has 0 bridgehead atoms. The predicted molar refractivity (Wildman–Crippen MR) is 56.0 cm³/mol. The quantitative estimate of drug-likeness (QED) is 0.750. The Hall–Kier alpha value is -1.35. The van der Waals surface area contributed by atoms with Gasteiger partial charge in [0.15, 0.2) is 5.58 Å². The van der Waals surface area contributed by atoms with Gasteiger partial charge >= 0.3 is 0 Å². The highest BCUT2D eigenvalue weighted by atomic mass is 16.5. The summed E-state index contributed by atoms with van der Waals surface area (Å²) >= 11 is 0. The summed E-state index contributed by atoms with van der Waals surface area (Å²) in [6.45, 7) is 5.85. The third kappa shape index (κ3) is 1.30. The average Bonchev–Trinajstić information content (AvgIpc) is 2.47. The van der Waals surface area contributed by atoms with Gasteiger partial charge in [-0.2, -0.15) is 0 Å². The molecular formula is C11H14N2O. The molecule has 0 saturated heterocycles. The van der Waals surface area contributed by atoms with Crippen molar-refractivity contribution in [2.24, 2.45) is 5.73 Å². The Morgan fingerprint density at radius 1 is 1.36 bits per heavy atom. The van der Waals surface area contributed by atoms with Crippen molar-refractivity contribution in [3.8, 4) is 0 Å². The van der Waals surface area contributed by atoms with Crippen LogP contribution in [0.4, 0.5) is 0 Å². The van der Waals surface area contributed by atoms with Gasteiger partial charge in [0.1, 0.15) is 5.69 Å². The maximum absolute atomic E-state index is 5.99. The Morgan fingerprint density at radius 2 is 2.07 bits per heavy atom. The number of aryl methyl sites for hydroxylation is 1. The van der Waals surface area contributed by atoms with Crippen LogP contribution in [0.3, 0.4) is 0 Å². The zero-order valence-corrected chi connectivity index (χ0v) is 8.66. The van der Waals surface area contributed by atoms with E-state index in [0.717, 1.165) is 22.2 Å². The molecule has 14 heavy (non-hydrogen) atoms. The highest BCUT2D eigenvalue weighted by Gasteiger charge is 2.22. The van der Waals surface area contributed by atoms with Crippen LogP contribution in [-0.4, -0.2) is 5.16 Å². The van der Waals surface area contributed by atoms with E-state index >= 15 is 0 Å². The molecule has 1 heterocycles. The van der Waals surface area contributed by atoms with Gasteiger partial charge in [-0.1, -0.05) is 17.3 Å². The van der Waals surface area contributed by atoms with Crippen molar-refractivity contribution in [3.05, 3.63) is 29.5 Å². The van der Waals surface area contributed by atoms with E-state index in [-0.39, 0.29) is 0 Å². The first-order valence-corrected chi connectivity index (χ1v) is 4.64. The molecule has 0 spiro atoms. The van der Waals surface area contributed by atoms with E-state index < -0.39 is 5.54 Å². The highest BCUT2D eigenvalue weighted by Crippen LogP contribution is 2.27. The van der Waals surface area contributed by atoms with Gasteiger partial charge < -0.3 is 10.3 Å². The molecule has 74 valence electrons. The number of nitrogens with zero attached hydrogens (tertiary/aromatic N) is 1. The zero-order chi connectivity index (χ0) is 10.3. The Kier molecular flexibility index (Phi) is 1.86. The number of nitrogens with two attached hydrogens (primary N) is 1. The van der Waals surface area contributed by atoms with Gasteiger partial charge in [0.25, 0.3) is 0 Å². The molecule has 0 atom stereocenters. The molecule has 0 saturated carbocycles. The minimum atomic E-state index is -0.459. The number of benzene rings is 1. The van der Waals surface area contributed by atoms with Crippen molar-refractivity contribution >= 4 is 11.0 Å². The summed E-state index contributed by atoms with van der Waals surface area (Å²) in [6, 6.07) is 5.98. The Morgan fingerprint density at radius 3 is 2.71 bits per heavy atom. The summed E-state index contributed by atoms with van der Waals surface area (Å²) in [7, 11) is 0. The lowest BCUT2D eigenvalue weighted by molar-refractivity contribution is 0.412. The molecular weight excluding hydrogens is 176 g/mol. The maximum Gasteiger partial charge on any atom is 0.170 e. The van der Waals surface area contributed by atoms with E-state index in [1.807, 2.05) is 39.0 Å². The van der Waals surface area contributed by atoms with Crippen LogP contribution in [0.1, 0.15) is 25.1 Å². The second kappa shape index (κ2) is 2.82. The average molecular weight is 190 g/mol. The third-order valence-corrected chi connectivity index (χ3v) is 2.31. The normalized spacial score (nSPS) is 12.3. The molecule has 0 radical (unpaired) electrons. The molecule has 2 rings (SSSR count). The molecule has 0 fully saturated rings. The topological polar surface area (TPSA) is 52.0 Å². The van der Waals surface area contributed by atoms with E-state index in [0.29, 0.717) is 0 Å². The van der Waals surface area contributed by atoms with Gasteiger partial charge in [-0.25, -0.2) is 0 Å². The van der Waals surface area contributed by atoms with E-state index in [9.17, 15) is 0 Å². The SMILES string of the molecule is Cc1cccc2c(C(C)(C)N)noc12. The van der Waals surface area contributed by atoms with E-state index in [1.165, 1.54) is 0 Å². The van der Waals surface area contributed by atoms with Crippen LogP contribution < -0.4 is 5.73 Å². The van der Waals surface area contributed by atoms with Crippen molar-refractivity contribution in [1.29, 1.82) is 0 Å². The van der Waals surface area contributed by atoms with Crippen molar-refractivity contribution < 1.29 is 4.52 Å². The molecule has 3 nitrogen and oxygen atoms in total. The van der Waals surface area contributed by atoms with Gasteiger partial charge in [-0.3, -0.25) is 0 Å². The molecule has 2 N–H and O–H groups in total. The number of hydrogen-bond acceptors (Lipinski definition) is 3.